The number of hydrogen-bond donors (Lipinski definition) is 2. The molecule has 20 heavy (non-hydrogen) atoms. The Balaban J connectivity index is 2.66. The summed E-state index contributed by atoms with van der Waals surface area (Å²) in [7, 11) is 1.96. The van der Waals surface area contributed by atoms with Gasteiger partial charge in [-0.25, -0.2) is 0 Å². The van der Waals surface area contributed by atoms with Crippen molar-refractivity contribution in [1.29, 1.82) is 0 Å². The fraction of sp³-hybridized carbons (Fsp3) is 0.562. The Kier molecular flexibility index (Phi) is 7.09. The van der Waals surface area contributed by atoms with E-state index in [4.69, 9.17) is 0 Å². The van der Waals surface area contributed by atoms with Crippen LogP contribution in [0, 0.1) is 0 Å². The van der Waals surface area contributed by atoms with Gasteiger partial charge in [0.1, 0.15) is 0 Å². The van der Waals surface area contributed by atoms with Crippen LogP contribution >= 0.6 is 0 Å². The first-order chi connectivity index (χ1) is 9.54. The highest BCUT2D eigenvalue weighted by molar-refractivity contribution is 5.81. The van der Waals surface area contributed by atoms with E-state index in [1.165, 1.54) is 5.56 Å². The molecule has 0 saturated carbocycles. The van der Waals surface area contributed by atoms with Crippen molar-refractivity contribution in [2.45, 2.75) is 39.8 Å². The molecule has 1 amide bonds. The van der Waals surface area contributed by atoms with Crippen LogP contribution < -0.4 is 15.5 Å². The SMILES string of the molecule is CCCNCc1ccccc1N(C)CC(=O)NC(C)C. The maximum Gasteiger partial charge on any atom is 0.239 e. The Morgan fingerprint density at radius 1 is 1.30 bits per heavy atom. The van der Waals surface area contributed by atoms with Crippen LogP contribution in [0.15, 0.2) is 24.3 Å². The van der Waals surface area contributed by atoms with Crippen LogP contribution in [0.25, 0.3) is 0 Å². The van der Waals surface area contributed by atoms with Gasteiger partial charge in [-0.2, -0.15) is 0 Å². The molecule has 0 saturated heterocycles. The Bertz CT molecular complexity index is 418. The van der Waals surface area contributed by atoms with E-state index in [2.05, 4.69) is 29.7 Å². The Hall–Kier alpha value is -1.55. The number of likely N-dealkylation sites (N-methyl/N-ethyl adjacent to an activating group) is 1. The van der Waals surface area contributed by atoms with Crippen molar-refractivity contribution in [3.63, 3.8) is 0 Å². The quantitative estimate of drug-likeness (QED) is 0.716. The molecule has 0 aromatic heterocycles. The lowest BCUT2D eigenvalue weighted by Gasteiger charge is -2.22. The average molecular weight is 277 g/mol. The van der Waals surface area contributed by atoms with E-state index in [1.807, 2.05) is 37.9 Å². The molecule has 0 heterocycles. The van der Waals surface area contributed by atoms with Gasteiger partial charge in [-0.3, -0.25) is 4.79 Å². The van der Waals surface area contributed by atoms with Gasteiger partial charge in [0.15, 0.2) is 0 Å². The first-order valence-corrected chi connectivity index (χ1v) is 7.33. The van der Waals surface area contributed by atoms with Crippen molar-refractivity contribution in [2.24, 2.45) is 0 Å². The van der Waals surface area contributed by atoms with E-state index in [9.17, 15) is 4.79 Å². The van der Waals surface area contributed by atoms with Crippen molar-refractivity contribution in [1.82, 2.24) is 10.6 Å². The van der Waals surface area contributed by atoms with Crippen LogP contribution in [0.5, 0.6) is 0 Å². The van der Waals surface area contributed by atoms with E-state index in [-0.39, 0.29) is 11.9 Å². The van der Waals surface area contributed by atoms with E-state index >= 15 is 0 Å². The van der Waals surface area contributed by atoms with Gasteiger partial charge in [0.2, 0.25) is 5.91 Å². The van der Waals surface area contributed by atoms with Crippen LogP contribution in [0.4, 0.5) is 5.69 Å². The molecule has 0 atom stereocenters. The molecule has 0 spiro atoms. The van der Waals surface area contributed by atoms with E-state index in [0.29, 0.717) is 6.54 Å². The first kappa shape index (κ1) is 16.5. The van der Waals surface area contributed by atoms with E-state index in [1.54, 1.807) is 0 Å². The maximum absolute atomic E-state index is 11.8. The second-order valence-corrected chi connectivity index (χ2v) is 5.38. The molecule has 2 N–H and O–H groups in total. The highest BCUT2D eigenvalue weighted by atomic mass is 16.2. The van der Waals surface area contributed by atoms with Crippen molar-refractivity contribution < 1.29 is 4.79 Å². The molecule has 0 bridgehead atoms. The average Bonchev–Trinajstić information content (AvgIpc) is 2.38. The van der Waals surface area contributed by atoms with E-state index < -0.39 is 0 Å². The van der Waals surface area contributed by atoms with Gasteiger partial charge in [0.05, 0.1) is 6.54 Å². The lowest BCUT2D eigenvalue weighted by molar-refractivity contribution is -0.120. The molecule has 0 aliphatic rings. The van der Waals surface area contributed by atoms with E-state index in [0.717, 1.165) is 25.2 Å². The van der Waals surface area contributed by atoms with Crippen LogP contribution in [0.3, 0.4) is 0 Å². The van der Waals surface area contributed by atoms with Gasteiger partial charge < -0.3 is 15.5 Å². The van der Waals surface area contributed by atoms with Crippen LogP contribution in [0.2, 0.25) is 0 Å². The zero-order valence-electron chi connectivity index (χ0n) is 13.1. The second kappa shape index (κ2) is 8.59. The zero-order chi connectivity index (χ0) is 15.0. The number of rotatable bonds is 8. The summed E-state index contributed by atoms with van der Waals surface area (Å²) in [6, 6.07) is 8.39. The Labute approximate surface area is 122 Å². The number of nitrogens with one attached hydrogen (secondary N) is 2. The molecular weight excluding hydrogens is 250 g/mol. The molecule has 0 fully saturated rings. The van der Waals surface area contributed by atoms with Crippen LogP contribution in [0.1, 0.15) is 32.8 Å². The molecular formula is C16H27N3O. The molecule has 4 nitrogen and oxygen atoms in total. The van der Waals surface area contributed by atoms with Crippen molar-refractivity contribution >= 4 is 11.6 Å². The summed E-state index contributed by atoms with van der Waals surface area (Å²) < 4.78 is 0. The lowest BCUT2D eigenvalue weighted by atomic mass is 10.1. The summed E-state index contributed by atoms with van der Waals surface area (Å²) in [4.78, 5) is 13.8. The topological polar surface area (TPSA) is 44.4 Å². The zero-order valence-corrected chi connectivity index (χ0v) is 13.1. The number of anilines is 1. The number of hydrogen-bond acceptors (Lipinski definition) is 3. The Morgan fingerprint density at radius 3 is 2.65 bits per heavy atom. The standard InChI is InChI=1S/C16H27N3O/c1-5-10-17-11-14-8-6-7-9-15(14)19(4)12-16(20)18-13(2)3/h6-9,13,17H,5,10-12H2,1-4H3,(H,18,20). The molecule has 4 heteroatoms. The predicted molar refractivity (Wildman–Crippen MR) is 85.0 cm³/mol. The minimum Gasteiger partial charge on any atom is -0.365 e. The lowest BCUT2D eigenvalue weighted by Crippen LogP contribution is -2.39. The highest BCUT2D eigenvalue weighted by Crippen LogP contribution is 2.18. The normalized spacial score (nSPS) is 10.7. The summed E-state index contributed by atoms with van der Waals surface area (Å²) in [5, 5.41) is 6.32. The Morgan fingerprint density at radius 2 is 2.00 bits per heavy atom. The van der Waals surface area contributed by atoms with Crippen LogP contribution in [-0.4, -0.2) is 32.1 Å². The molecule has 0 aliphatic carbocycles. The van der Waals surface area contributed by atoms with Gasteiger partial charge in [-0.05, 0) is 38.4 Å². The number of carbonyl (C=O) groups is 1. The highest BCUT2D eigenvalue weighted by Gasteiger charge is 2.11. The van der Waals surface area contributed by atoms with Gasteiger partial charge in [-0.15, -0.1) is 0 Å². The predicted octanol–water partition coefficient (Wildman–Crippen LogP) is 2.15. The summed E-state index contributed by atoms with van der Waals surface area (Å²) in [5.41, 5.74) is 2.33. The second-order valence-electron chi connectivity index (χ2n) is 5.38. The summed E-state index contributed by atoms with van der Waals surface area (Å²) in [6.07, 6.45) is 1.12. The van der Waals surface area contributed by atoms with Crippen molar-refractivity contribution in [3.8, 4) is 0 Å². The minimum absolute atomic E-state index is 0.0545. The molecule has 1 aromatic rings. The molecule has 1 rings (SSSR count). The van der Waals surface area contributed by atoms with Gasteiger partial charge >= 0.3 is 0 Å². The molecule has 112 valence electrons. The number of benzene rings is 1. The molecule has 0 radical (unpaired) electrons. The molecule has 0 aliphatic heterocycles. The largest absolute Gasteiger partial charge is 0.365 e. The van der Waals surface area contributed by atoms with Crippen LogP contribution in [-0.2, 0) is 11.3 Å². The monoisotopic (exact) mass is 277 g/mol. The summed E-state index contributed by atoms with van der Waals surface area (Å²) >= 11 is 0. The molecule has 1 aromatic carbocycles. The number of carbonyl (C=O) groups excluding carboxylic acids is 1. The van der Waals surface area contributed by atoms with Crippen molar-refractivity contribution in [3.05, 3.63) is 29.8 Å². The number of para-hydroxylation sites is 1. The third kappa shape index (κ3) is 5.61. The van der Waals surface area contributed by atoms with Crippen molar-refractivity contribution in [2.75, 3.05) is 25.0 Å². The number of amides is 1. The van der Waals surface area contributed by atoms with Gasteiger partial charge in [-0.1, -0.05) is 25.1 Å². The molecule has 0 unspecified atom stereocenters. The summed E-state index contributed by atoms with van der Waals surface area (Å²) in [6.45, 7) is 8.32. The number of nitrogens with zero attached hydrogens (tertiary/aromatic N) is 1. The third-order valence-electron chi connectivity index (χ3n) is 2.98. The maximum atomic E-state index is 11.8. The fourth-order valence-electron chi connectivity index (χ4n) is 2.10. The third-order valence-corrected chi connectivity index (χ3v) is 2.98. The minimum atomic E-state index is 0.0545. The van der Waals surface area contributed by atoms with Gasteiger partial charge in [0, 0.05) is 25.3 Å². The van der Waals surface area contributed by atoms with Gasteiger partial charge in [0.25, 0.3) is 0 Å². The fourth-order valence-corrected chi connectivity index (χ4v) is 2.10. The first-order valence-electron chi connectivity index (χ1n) is 7.33. The smallest absolute Gasteiger partial charge is 0.239 e. The summed E-state index contributed by atoms with van der Waals surface area (Å²) in [5.74, 6) is 0.0545.